The van der Waals surface area contributed by atoms with Gasteiger partial charge in [-0.3, -0.25) is 13.9 Å². The molecule has 5 aliphatic carbocycles. The number of fused-ring (bicyclic) bond motifs is 11. The molecule has 7 heterocycles. The quantitative estimate of drug-likeness (QED) is 0.0310. The average Bonchev–Trinajstić information content (AvgIpc) is 0.745. The Hall–Kier alpha value is -5.25. The topological polar surface area (TPSA) is 510 Å². The number of hydrogen-bond acceptors (Lipinski definition) is 30. The van der Waals surface area contributed by atoms with Crippen LogP contribution in [0.25, 0.3) is 21.7 Å². The number of carbonyl (C=O) groups is 1. The van der Waals surface area contributed by atoms with E-state index >= 15 is 4.79 Å². The monoisotopic (exact) mass is 1750 g/mol. The molecule has 6 aliphatic heterocycles. The Morgan fingerprint density at radius 2 is 1.08 bits per heavy atom. The standard InChI is InChI=1S/C58H94O25.C19H20N2.C10H8O6S2/c1-23-44(80-47-40(69)34(63)27(60)21-74-47)38(67)42(71)48(76-23)79-33-13-14-55(7)30(54(33,5)6)12-15-56(8)31(55)11-10-25-26-18-53(3,4)16-17-58(26,32(62)19-57(25,56)9)52(73)83-51-46(35(64)28(61)22-75-51)82-49-43(72)39(68)45(24(2)77-49)81-50-41(70)37(66)36(65)29(20-59)78-50;1-20-12-11-19-17(14-20)16-9-5-6-10-18(16)21(19)13-15-7-3-2-4-8-15;11-17(12,13)9-5-1-3-7-8(9)4-2-6-10(7)18(14,15)16/h10,23-24,26-51,59-72H,11-22H2,1-9H3;2-10H,11-14H2,1H3;1-6H,(H,11,12,13)(H,14,15,16). The van der Waals surface area contributed by atoms with Crippen LogP contribution in [0, 0.1) is 50.2 Å². The van der Waals surface area contributed by atoms with Crippen LogP contribution in [-0.2, 0) is 91.9 Å². The van der Waals surface area contributed by atoms with E-state index in [0.29, 0.717) is 25.7 Å². The van der Waals surface area contributed by atoms with Crippen LogP contribution in [0.3, 0.4) is 0 Å². The minimum atomic E-state index is -4.47. The van der Waals surface area contributed by atoms with Gasteiger partial charge in [0.15, 0.2) is 31.3 Å². The van der Waals surface area contributed by atoms with Gasteiger partial charge in [0, 0.05) is 53.4 Å². The van der Waals surface area contributed by atoms with Crippen LogP contribution >= 0.6 is 0 Å². The molecular weight excluding hydrogens is 1630 g/mol. The van der Waals surface area contributed by atoms with Gasteiger partial charge in [0.05, 0.1) is 44.2 Å². The number of rotatable bonds is 15. The molecule has 32 atom stereocenters. The zero-order chi connectivity index (χ0) is 88.4. The van der Waals surface area contributed by atoms with E-state index in [9.17, 15) is 88.3 Å². The van der Waals surface area contributed by atoms with Crippen LogP contribution in [0.1, 0.15) is 137 Å². The molecule has 1 aromatic heterocycles. The van der Waals surface area contributed by atoms with Crippen molar-refractivity contribution in [3.63, 3.8) is 0 Å². The lowest BCUT2D eigenvalue weighted by atomic mass is 9.33. The van der Waals surface area contributed by atoms with Crippen molar-refractivity contribution in [1.82, 2.24) is 9.47 Å². The summed E-state index contributed by atoms with van der Waals surface area (Å²) in [5.41, 5.74) is 3.52. The Morgan fingerprint density at radius 3 is 1.70 bits per heavy atom. The first kappa shape index (κ1) is 92.9. The lowest BCUT2D eigenvalue weighted by Gasteiger charge is -2.71. The molecule has 0 bridgehead atoms. The van der Waals surface area contributed by atoms with Crippen LogP contribution in [0.2, 0.25) is 0 Å². The molecule has 0 amide bonds. The van der Waals surface area contributed by atoms with Gasteiger partial charge in [0.2, 0.25) is 6.29 Å². The van der Waals surface area contributed by atoms with Crippen molar-refractivity contribution >= 4 is 47.9 Å². The van der Waals surface area contributed by atoms with E-state index in [1.165, 1.54) is 58.9 Å². The highest BCUT2D eigenvalue weighted by atomic mass is 32.2. The third-order valence-corrected chi connectivity index (χ3v) is 31.4. The Labute approximate surface area is 709 Å². The van der Waals surface area contributed by atoms with E-state index in [1.807, 2.05) is 0 Å². The maximum atomic E-state index is 15.4. The fourth-order valence-electron chi connectivity index (χ4n) is 22.7. The fourth-order valence-corrected chi connectivity index (χ4v) is 24.1. The van der Waals surface area contributed by atoms with Gasteiger partial charge >= 0.3 is 5.97 Å². The van der Waals surface area contributed by atoms with Gasteiger partial charge in [-0.05, 0) is 153 Å². The Bertz CT molecular complexity index is 4730. The summed E-state index contributed by atoms with van der Waals surface area (Å²) in [7, 11) is -6.72. The molecule has 32 unspecified atom stereocenters. The van der Waals surface area contributed by atoms with Crippen LogP contribution < -0.4 is 0 Å². The number of aliphatic hydroxyl groups excluding tert-OH is 14. The van der Waals surface area contributed by atoms with Crippen LogP contribution in [-0.4, -0.2) is 300 Å². The largest absolute Gasteiger partial charge is 0.432 e. The van der Waals surface area contributed by atoms with Crippen molar-refractivity contribution in [3.05, 3.63) is 119 Å². The van der Waals surface area contributed by atoms with Crippen molar-refractivity contribution in [1.29, 1.82) is 0 Å². The molecule has 122 heavy (non-hydrogen) atoms. The molecule has 9 fully saturated rings. The molecule has 0 radical (unpaired) electrons. The normalized spacial score (nSPS) is 42.0. The number of aromatic nitrogens is 1. The first-order valence-electron chi connectivity index (χ1n) is 42.3. The fraction of sp³-hybridized carbons (Fsp3) is 0.690. The predicted molar refractivity (Wildman–Crippen MR) is 433 cm³/mol. The van der Waals surface area contributed by atoms with E-state index in [1.54, 1.807) is 6.92 Å². The molecule has 11 aliphatic rings. The van der Waals surface area contributed by atoms with Gasteiger partial charge in [-0.2, -0.15) is 16.8 Å². The maximum Gasteiger partial charge on any atom is 0.317 e. The Kier molecular flexibility index (Phi) is 26.9. The van der Waals surface area contributed by atoms with E-state index < -0.39 is 225 Å². The van der Waals surface area contributed by atoms with Crippen molar-refractivity contribution in [2.45, 2.75) is 303 Å². The summed E-state index contributed by atoms with van der Waals surface area (Å²) >= 11 is 0. The summed E-state index contributed by atoms with van der Waals surface area (Å²) in [6.07, 6.45) is -28.1. The van der Waals surface area contributed by atoms with Crippen molar-refractivity contribution in [3.8, 4) is 0 Å². The zero-order valence-corrected chi connectivity index (χ0v) is 71.8. The highest BCUT2D eigenvalue weighted by Crippen LogP contribution is 2.76. The number of ether oxygens (including phenoxy) is 10. The minimum absolute atomic E-state index is 0.0233. The number of para-hydroxylation sites is 1. The van der Waals surface area contributed by atoms with E-state index in [4.69, 9.17) is 56.5 Å². The van der Waals surface area contributed by atoms with Crippen LogP contribution in [0.4, 0.5) is 0 Å². The van der Waals surface area contributed by atoms with Crippen molar-refractivity contribution in [2.24, 2.45) is 50.2 Å². The molecule has 16 rings (SSSR count). The number of hydrogen-bond donors (Lipinski definition) is 16. The lowest BCUT2D eigenvalue weighted by Crippen LogP contribution is -2.68. The van der Waals surface area contributed by atoms with E-state index in [-0.39, 0.29) is 58.3 Å². The second-order valence-electron chi connectivity index (χ2n) is 37.8. The van der Waals surface area contributed by atoms with Gasteiger partial charge in [0.25, 0.3) is 20.2 Å². The number of likely N-dealkylation sites (N-methyl/N-ethyl adjacent to an activating group) is 1. The van der Waals surface area contributed by atoms with Gasteiger partial charge < -0.3 is 128 Å². The summed E-state index contributed by atoms with van der Waals surface area (Å²) < 4.78 is 125. The van der Waals surface area contributed by atoms with Gasteiger partial charge in [-0.1, -0.05) is 133 Å². The summed E-state index contributed by atoms with van der Waals surface area (Å²) in [5, 5.41) is 154. The Balaban J connectivity index is 0.000000250. The zero-order valence-electron chi connectivity index (χ0n) is 70.2. The van der Waals surface area contributed by atoms with Crippen molar-refractivity contribution in [2.75, 3.05) is 33.4 Å². The number of allylic oxidation sites excluding steroid dienone is 2. The number of aliphatic hydroxyl groups is 14. The van der Waals surface area contributed by atoms with Gasteiger partial charge in [-0.25, -0.2) is 0 Å². The van der Waals surface area contributed by atoms with Crippen LogP contribution in [0.15, 0.2) is 112 Å². The molecule has 5 aromatic rings. The predicted octanol–water partition coefficient (Wildman–Crippen LogP) is 3.10. The SMILES string of the molecule is CC1OC(OC2CCC3(C)C(CCC4(C)C3CC=C3C5CC(C)(C)CCC5(C(=O)OC5OCC(O)C(O)C5OC5OC(C)C(OC6OC(CO)C(O)C(O)C6O)C(O)C5O)C(O)CC34C)C2(C)C)C(O)C(O)C1OC1OCC(O)C(O)C1O.CN1CCc2c(c3ccccc3n2Cc2ccccc2)C1.O=S(=O)(O)c1cccc2c(S(=O)(=O)O)cccc12. The summed E-state index contributed by atoms with van der Waals surface area (Å²) in [5.74, 6) is -1.00. The maximum absolute atomic E-state index is 15.4. The number of carbonyl (C=O) groups excluding carboxylic acids is 1. The molecule has 678 valence electrons. The molecule has 16 N–H and O–H groups in total. The minimum Gasteiger partial charge on any atom is -0.432 e. The first-order valence-corrected chi connectivity index (χ1v) is 45.2. The van der Waals surface area contributed by atoms with Gasteiger partial charge in [-0.15, -0.1) is 0 Å². The summed E-state index contributed by atoms with van der Waals surface area (Å²) in [6, 6.07) is 27.1. The molecule has 33 nitrogen and oxygen atoms in total. The second-order valence-corrected chi connectivity index (χ2v) is 40.6. The van der Waals surface area contributed by atoms with E-state index in [2.05, 4.69) is 126 Å². The summed E-state index contributed by atoms with van der Waals surface area (Å²) in [6.45, 7) is 20.4. The smallest absolute Gasteiger partial charge is 0.317 e. The highest BCUT2D eigenvalue weighted by Gasteiger charge is 2.72. The third kappa shape index (κ3) is 17.0. The highest BCUT2D eigenvalue weighted by molar-refractivity contribution is 7.86. The summed E-state index contributed by atoms with van der Waals surface area (Å²) in [4.78, 5) is 17.0. The molecular formula is C87H122N2O31S2. The second kappa shape index (κ2) is 35.3. The molecule has 4 saturated carbocycles. The lowest BCUT2D eigenvalue weighted by molar-refractivity contribution is -0.374. The number of esters is 1. The molecule has 0 spiro atoms. The van der Waals surface area contributed by atoms with Crippen molar-refractivity contribution < 1.29 is 150 Å². The number of nitrogens with zero attached hydrogens (tertiary/aromatic N) is 2. The van der Waals surface area contributed by atoms with Crippen LogP contribution in [0.5, 0.6) is 0 Å². The Morgan fingerprint density at radius 1 is 0.541 bits per heavy atom. The van der Waals surface area contributed by atoms with Gasteiger partial charge in [0.1, 0.15) is 107 Å². The molecule has 5 saturated heterocycles. The number of benzene rings is 4. The molecule has 4 aromatic carbocycles. The average molecular weight is 1760 g/mol. The van der Waals surface area contributed by atoms with E-state index in [0.717, 1.165) is 63.0 Å². The third-order valence-electron chi connectivity index (χ3n) is 29.6. The molecule has 35 heteroatoms. The first-order chi connectivity index (χ1) is 57.3.